The number of hydrogen-bond acceptors (Lipinski definition) is 5. The third kappa shape index (κ3) is 2.25. The largest absolute Gasteiger partial charge is 0.458 e. The van der Waals surface area contributed by atoms with Crippen LogP contribution >= 0.6 is 0 Å². The Morgan fingerprint density at radius 2 is 2.20 bits per heavy atom. The second-order valence-electron chi connectivity index (χ2n) is 4.61. The van der Waals surface area contributed by atoms with Crippen molar-refractivity contribution < 1.29 is 9.53 Å². The van der Waals surface area contributed by atoms with Gasteiger partial charge in [0.2, 0.25) is 0 Å². The van der Waals surface area contributed by atoms with Crippen LogP contribution in [0.3, 0.4) is 0 Å². The van der Waals surface area contributed by atoms with E-state index in [0.29, 0.717) is 0 Å². The number of carbonyl (C=O) groups excluding carboxylic acids is 1. The average molecular weight is 271 g/mol. The van der Waals surface area contributed by atoms with Gasteiger partial charge in [0.05, 0.1) is 29.7 Å². The van der Waals surface area contributed by atoms with Crippen molar-refractivity contribution >= 4 is 16.9 Å². The molecular weight excluding hydrogens is 258 g/mol. The van der Waals surface area contributed by atoms with E-state index in [1.165, 1.54) is 11.0 Å². The van der Waals surface area contributed by atoms with Crippen LogP contribution in [0.4, 0.5) is 0 Å². The first-order valence-corrected chi connectivity index (χ1v) is 6.20. The third-order valence-corrected chi connectivity index (χ3v) is 2.70. The minimum absolute atomic E-state index is 0.185. The van der Waals surface area contributed by atoms with Crippen molar-refractivity contribution in [1.82, 2.24) is 25.2 Å². The smallest absolute Gasteiger partial charge is 0.360 e. The second-order valence-corrected chi connectivity index (χ2v) is 4.61. The van der Waals surface area contributed by atoms with Crippen molar-refractivity contribution in [1.29, 1.82) is 0 Å². The number of carbonyl (C=O) groups is 1. The van der Waals surface area contributed by atoms with Crippen LogP contribution in [0.1, 0.15) is 24.3 Å². The maximum atomic E-state index is 11.7. The molecule has 0 fully saturated rings. The van der Waals surface area contributed by atoms with Crippen LogP contribution in [0.25, 0.3) is 16.6 Å². The fourth-order valence-electron chi connectivity index (χ4n) is 1.81. The summed E-state index contributed by atoms with van der Waals surface area (Å²) >= 11 is 0. The van der Waals surface area contributed by atoms with Crippen molar-refractivity contribution in [3.8, 4) is 5.69 Å². The molecule has 2 heterocycles. The highest BCUT2D eigenvalue weighted by molar-refractivity contribution is 5.87. The summed E-state index contributed by atoms with van der Waals surface area (Å²) in [4.78, 5) is 13.1. The summed E-state index contributed by atoms with van der Waals surface area (Å²) in [5.41, 5.74) is 1.87. The van der Waals surface area contributed by atoms with Crippen molar-refractivity contribution in [2.24, 2.45) is 0 Å². The van der Waals surface area contributed by atoms with Gasteiger partial charge < -0.3 is 4.74 Å². The molecule has 0 atom stereocenters. The Labute approximate surface area is 114 Å². The van der Waals surface area contributed by atoms with Crippen LogP contribution in [0.2, 0.25) is 0 Å². The maximum Gasteiger partial charge on any atom is 0.360 e. The minimum atomic E-state index is -0.476. The highest BCUT2D eigenvalue weighted by atomic mass is 16.5. The minimum Gasteiger partial charge on any atom is -0.458 e. The number of aromatic amines is 1. The molecule has 1 aromatic carbocycles. The molecule has 3 rings (SSSR count). The summed E-state index contributed by atoms with van der Waals surface area (Å²) in [5.74, 6) is -0.476. The molecule has 0 unspecified atom stereocenters. The highest BCUT2D eigenvalue weighted by Crippen LogP contribution is 2.15. The van der Waals surface area contributed by atoms with Crippen LogP contribution < -0.4 is 0 Å². The van der Waals surface area contributed by atoms with Gasteiger partial charge in [-0.05, 0) is 32.0 Å². The monoisotopic (exact) mass is 271 g/mol. The summed E-state index contributed by atoms with van der Waals surface area (Å²) in [5, 5.41) is 16.0. The SMILES string of the molecule is CC(C)OC(=O)c1cnn(-c2ccc3[nH]ncc3c2)n1. The van der Waals surface area contributed by atoms with Crippen molar-refractivity contribution in [3.05, 3.63) is 36.3 Å². The lowest BCUT2D eigenvalue weighted by atomic mass is 10.2. The second kappa shape index (κ2) is 4.76. The molecule has 2 aromatic heterocycles. The average Bonchev–Trinajstić information content (AvgIpc) is 3.06. The van der Waals surface area contributed by atoms with Crippen LogP contribution in [0.15, 0.2) is 30.6 Å². The fourth-order valence-corrected chi connectivity index (χ4v) is 1.81. The molecule has 0 aliphatic rings. The van der Waals surface area contributed by atoms with E-state index < -0.39 is 5.97 Å². The lowest BCUT2D eigenvalue weighted by Gasteiger charge is -2.04. The quantitative estimate of drug-likeness (QED) is 0.733. The molecule has 0 saturated carbocycles. The molecule has 1 N–H and O–H groups in total. The zero-order valence-corrected chi connectivity index (χ0v) is 11.1. The molecule has 3 aromatic rings. The maximum absolute atomic E-state index is 11.7. The number of nitrogens with one attached hydrogen (secondary N) is 1. The molecule has 0 saturated heterocycles. The Hall–Kier alpha value is -2.70. The van der Waals surface area contributed by atoms with Gasteiger partial charge in [0.1, 0.15) is 0 Å². The first-order valence-electron chi connectivity index (χ1n) is 6.20. The molecule has 7 nitrogen and oxygen atoms in total. The van der Waals surface area contributed by atoms with Crippen molar-refractivity contribution in [2.75, 3.05) is 0 Å². The number of fused-ring (bicyclic) bond motifs is 1. The van der Waals surface area contributed by atoms with Crippen LogP contribution in [-0.2, 0) is 4.74 Å². The van der Waals surface area contributed by atoms with Gasteiger partial charge in [-0.15, -0.1) is 5.10 Å². The van der Waals surface area contributed by atoms with E-state index in [2.05, 4.69) is 20.4 Å². The van der Waals surface area contributed by atoms with Crippen LogP contribution in [0, 0.1) is 0 Å². The summed E-state index contributed by atoms with van der Waals surface area (Å²) in [6.45, 7) is 3.57. The Kier molecular flexibility index (Phi) is 2.94. The Morgan fingerprint density at radius 1 is 1.35 bits per heavy atom. The van der Waals surface area contributed by atoms with E-state index in [4.69, 9.17) is 4.74 Å². The summed E-state index contributed by atoms with van der Waals surface area (Å²) < 4.78 is 5.07. The van der Waals surface area contributed by atoms with Crippen LogP contribution in [-0.4, -0.2) is 37.3 Å². The van der Waals surface area contributed by atoms with E-state index in [9.17, 15) is 4.79 Å². The first-order chi connectivity index (χ1) is 9.63. The van der Waals surface area contributed by atoms with Gasteiger partial charge in [-0.25, -0.2) is 4.79 Å². The Balaban J connectivity index is 1.90. The van der Waals surface area contributed by atoms with E-state index in [0.717, 1.165) is 16.6 Å². The molecule has 0 radical (unpaired) electrons. The van der Waals surface area contributed by atoms with Crippen LogP contribution in [0.5, 0.6) is 0 Å². The first kappa shape index (κ1) is 12.3. The summed E-state index contributed by atoms with van der Waals surface area (Å²) in [7, 11) is 0. The van der Waals surface area contributed by atoms with Gasteiger partial charge in [0, 0.05) is 5.39 Å². The molecular formula is C13H13N5O2. The molecule has 0 spiro atoms. The lowest BCUT2D eigenvalue weighted by Crippen LogP contribution is -2.12. The summed E-state index contributed by atoms with van der Waals surface area (Å²) in [6, 6.07) is 5.61. The van der Waals surface area contributed by atoms with E-state index in [1.807, 2.05) is 18.2 Å². The lowest BCUT2D eigenvalue weighted by molar-refractivity contribution is 0.0370. The third-order valence-electron chi connectivity index (χ3n) is 2.70. The number of rotatable bonds is 3. The van der Waals surface area contributed by atoms with Gasteiger partial charge in [-0.1, -0.05) is 0 Å². The topological polar surface area (TPSA) is 85.7 Å². The number of hydrogen-bond donors (Lipinski definition) is 1. The van der Waals surface area contributed by atoms with Crippen molar-refractivity contribution in [2.45, 2.75) is 20.0 Å². The predicted molar refractivity (Wildman–Crippen MR) is 71.6 cm³/mol. The Bertz CT molecular complexity index is 759. The van der Waals surface area contributed by atoms with Gasteiger partial charge >= 0.3 is 5.97 Å². The molecule has 0 bridgehead atoms. The number of ether oxygens (including phenoxy) is 1. The van der Waals surface area contributed by atoms with E-state index >= 15 is 0 Å². The summed E-state index contributed by atoms with van der Waals surface area (Å²) in [6.07, 6.45) is 2.93. The number of benzene rings is 1. The molecule has 0 amide bonds. The predicted octanol–water partition coefficient (Wildman–Crippen LogP) is 1.71. The van der Waals surface area contributed by atoms with Crippen molar-refractivity contribution in [3.63, 3.8) is 0 Å². The zero-order valence-electron chi connectivity index (χ0n) is 11.1. The van der Waals surface area contributed by atoms with Gasteiger partial charge in [-0.2, -0.15) is 15.0 Å². The number of nitrogens with zero attached hydrogens (tertiary/aromatic N) is 4. The highest BCUT2D eigenvalue weighted by Gasteiger charge is 2.14. The number of H-pyrrole nitrogens is 1. The molecule has 102 valence electrons. The van der Waals surface area contributed by atoms with E-state index in [1.54, 1.807) is 20.0 Å². The molecule has 0 aliphatic carbocycles. The Morgan fingerprint density at radius 3 is 3.00 bits per heavy atom. The number of esters is 1. The fraction of sp³-hybridized carbons (Fsp3) is 0.231. The zero-order chi connectivity index (χ0) is 14.1. The van der Waals surface area contributed by atoms with Gasteiger partial charge in [-0.3, -0.25) is 5.10 Å². The number of aromatic nitrogens is 5. The van der Waals surface area contributed by atoms with Gasteiger partial charge in [0.15, 0.2) is 5.69 Å². The van der Waals surface area contributed by atoms with E-state index in [-0.39, 0.29) is 11.8 Å². The van der Waals surface area contributed by atoms with Gasteiger partial charge in [0.25, 0.3) is 0 Å². The normalized spacial score (nSPS) is 11.2. The molecule has 0 aliphatic heterocycles. The molecule has 20 heavy (non-hydrogen) atoms. The standard InChI is InChI=1S/C13H13N5O2/c1-8(2)20-13(19)12-7-15-18(17-12)10-3-4-11-9(5-10)6-14-16-11/h3-8H,1-2H3,(H,14,16). The molecule has 7 heteroatoms.